The summed E-state index contributed by atoms with van der Waals surface area (Å²) in [5.74, 6) is 0. The Labute approximate surface area is 176 Å². The van der Waals surface area contributed by atoms with Crippen molar-refractivity contribution in [2.45, 2.75) is 43.7 Å². The lowest BCUT2D eigenvalue weighted by molar-refractivity contribution is 0.136. The fraction of sp³-hybridized carbons (Fsp3) is 0.381. The number of piperidine rings is 1. The molecule has 4 rings (SSSR count). The van der Waals surface area contributed by atoms with E-state index >= 15 is 0 Å². The van der Waals surface area contributed by atoms with Gasteiger partial charge >= 0.3 is 6.09 Å². The monoisotopic (exact) mass is 434 g/mol. The number of benzene rings is 2. The molecular weight excluding hydrogens is 412 g/mol. The van der Waals surface area contributed by atoms with Crippen molar-refractivity contribution in [1.29, 1.82) is 0 Å². The summed E-state index contributed by atoms with van der Waals surface area (Å²) in [4.78, 5) is 14.4. The van der Waals surface area contributed by atoms with Gasteiger partial charge in [-0.15, -0.1) is 0 Å². The van der Waals surface area contributed by atoms with E-state index in [2.05, 4.69) is 0 Å². The lowest BCUT2D eigenvalue weighted by Gasteiger charge is -2.39. The molecule has 0 unspecified atom stereocenters. The molecule has 29 heavy (non-hydrogen) atoms. The zero-order chi connectivity index (χ0) is 20.6. The molecule has 2 aromatic rings. The SMILES string of the molecule is CCc1ccc(S(=O)(=O)N2CCC(N3C(=O)OCc4cc(Cl)ccc43)CC2)cc1. The lowest BCUT2D eigenvalue weighted by atomic mass is 10.0. The van der Waals surface area contributed by atoms with Crippen molar-refractivity contribution >= 4 is 33.4 Å². The molecule has 8 heteroatoms. The Morgan fingerprint density at radius 3 is 2.45 bits per heavy atom. The predicted octanol–water partition coefficient (Wildman–Crippen LogP) is 4.21. The quantitative estimate of drug-likeness (QED) is 0.722. The molecular formula is C21H23ClN2O4S. The van der Waals surface area contributed by atoms with Crippen molar-refractivity contribution in [3.8, 4) is 0 Å². The van der Waals surface area contributed by atoms with Gasteiger partial charge in [0, 0.05) is 29.7 Å². The Balaban J connectivity index is 1.50. The summed E-state index contributed by atoms with van der Waals surface area (Å²) in [6.45, 7) is 2.95. The summed E-state index contributed by atoms with van der Waals surface area (Å²) >= 11 is 6.06. The number of anilines is 1. The number of sulfonamides is 1. The molecule has 1 saturated heterocycles. The van der Waals surface area contributed by atoms with Gasteiger partial charge in [-0.1, -0.05) is 30.7 Å². The van der Waals surface area contributed by atoms with E-state index in [0.29, 0.717) is 35.8 Å². The summed E-state index contributed by atoms with van der Waals surface area (Å²) in [6, 6.07) is 12.3. The number of amides is 1. The Morgan fingerprint density at radius 1 is 1.10 bits per heavy atom. The van der Waals surface area contributed by atoms with Gasteiger partial charge in [0.1, 0.15) is 6.61 Å². The molecule has 2 aromatic carbocycles. The van der Waals surface area contributed by atoms with Crippen LogP contribution in [0.3, 0.4) is 0 Å². The third-order valence-corrected chi connectivity index (χ3v) is 7.75. The first-order valence-electron chi connectivity index (χ1n) is 9.73. The van der Waals surface area contributed by atoms with Crippen molar-refractivity contribution in [1.82, 2.24) is 4.31 Å². The minimum atomic E-state index is -3.54. The van der Waals surface area contributed by atoms with Crippen LogP contribution in [0.15, 0.2) is 47.4 Å². The first-order valence-corrected chi connectivity index (χ1v) is 11.6. The largest absolute Gasteiger partial charge is 0.444 e. The van der Waals surface area contributed by atoms with Gasteiger partial charge in [0.25, 0.3) is 0 Å². The number of cyclic esters (lactones) is 1. The van der Waals surface area contributed by atoms with E-state index < -0.39 is 16.1 Å². The van der Waals surface area contributed by atoms with Crippen molar-refractivity contribution in [3.63, 3.8) is 0 Å². The normalized spacial score (nSPS) is 18.4. The van der Waals surface area contributed by atoms with Crippen LogP contribution in [0.2, 0.25) is 5.02 Å². The second kappa shape index (κ2) is 7.97. The summed E-state index contributed by atoms with van der Waals surface area (Å²) in [5, 5.41) is 0.594. The molecule has 0 aromatic heterocycles. The summed E-state index contributed by atoms with van der Waals surface area (Å²) in [6.07, 6.45) is 1.56. The Bertz CT molecular complexity index is 1020. The molecule has 0 aliphatic carbocycles. The minimum absolute atomic E-state index is 0.114. The smallest absolute Gasteiger partial charge is 0.414 e. The van der Waals surface area contributed by atoms with E-state index in [1.807, 2.05) is 25.1 Å². The molecule has 0 spiro atoms. The van der Waals surface area contributed by atoms with Crippen LogP contribution in [0.1, 0.15) is 30.9 Å². The number of carbonyl (C=O) groups is 1. The molecule has 0 bridgehead atoms. The summed E-state index contributed by atoms with van der Waals surface area (Å²) < 4.78 is 32.8. The standard InChI is InChI=1S/C21H23ClN2O4S/c1-2-15-3-6-19(7-4-15)29(26,27)23-11-9-18(10-12-23)24-20-8-5-17(22)13-16(20)14-28-21(24)25/h3-8,13,18H,2,9-12,14H2,1H3. The topological polar surface area (TPSA) is 66.9 Å². The molecule has 1 amide bonds. The minimum Gasteiger partial charge on any atom is -0.444 e. The zero-order valence-corrected chi connectivity index (χ0v) is 17.7. The van der Waals surface area contributed by atoms with Crippen molar-refractivity contribution in [2.75, 3.05) is 18.0 Å². The van der Waals surface area contributed by atoms with Gasteiger partial charge in [0.15, 0.2) is 0 Å². The first kappa shape index (κ1) is 20.2. The van der Waals surface area contributed by atoms with Gasteiger partial charge in [-0.25, -0.2) is 13.2 Å². The third-order valence-electron chi connectivity index (χ3n) is 5.61. The van der Waals surface area contributed by atoms with Crippen LogP contribution in [0.5, 0.6) is 0 Å². The molecule has 0 atom stereocenters. The van der Waals surface area contributed by atoms with Gasteiger partial charge in [-0.05, 0) is 55.2 Å². The maximum Gasteiger partial charge on any atom is 0.414 e. The number of nitrogens with zero attached hydrogens (tertiary/aromatic N) is 2. The van der Waals surface area contributed by atoms with Crippen LogP contribution < -0.4 is 4.90 Å². The number of rotatable bonds is 4. The highest BCUT2D eigenvalue weighted by Crippen LogP contribution is 2.34. The number of carbonyl (C=O) groups excluding carboxylic acids is 1. The van der Waals surface area contributed by atoms with Crippen molar-refractivity contribution in [3.05, 3.63) is 58.6 Å². The van der Waals surface area contributed by atoms with E-state index in [-0.39, 0.29) is 12.6 Å². The van der Waals surface area contributed by atoms with Gasteiger partial charge in [0.2, 0.25) is 10.0 Å². The number of ether oxygens (including phenoxy) is 1. The van der Waals surface area contributed by atoms with Gasteiger partial charge in [-0.2, -0.15) is 4.31 Å². The maximum absolute atomic E-state index is 13.0. The average Bonchev–Trinajstić information content (AvgIpc) is 2.74. The average molecular weight is 435 g/mol. The van der Waals surface area contributed by atoms with Crippen LogP contribution >= 0.6 is 11.6 Å². The van der Waals surface area contributed by atoms with Crippen LogP contribution in [-0.2, 0) is 27.8 Å². The molecule has 154 valence electrons. The van der Waals surface area contributed by atoms with E-state index in [1.165, 1.54) is 4.31 Å². The Morgan fingerprint density at radius 2 is 1.79 bits per heavy atom. The number of halogens is 1. The Kier molecular flexibility index (Phi) is 5.55. The summed E-state index contributed by atoms with van der Waals surface area (Å²) in [5.41, 5.74) is 2.76. The molecule has 2 heterocycles. The molecule has 1 fully saturated rings. The van der Waals surface area contributed by atoms with Gasteiger partial charge < -0.3 is 4.74 Å². The summed E-state index contributed by atoms with van der Waals surface area (Å²) in [7, 11) is -3.54. The third kappa shape index (κ3) is 3.86. The molecule has 0 N–H and O–H groups in total. The fourth-order valence-electron chi connectivity index (χ4n) is 3.94. The highest BCUT2D eigenvalue weighted by molar-refractivity contribution is 7.89. The van der Waals surface area contributed by atoms with Crippen LogP contribution in [0, 0.1) is 0 Å². The van der Waals surface area contributed by atoms with E-state index in [9.17, 15) is 13.2 Å². The van der Waals surface area contributed by atoms with Gasteiger partial charge in [-0.3, -0.25) is 4.90 Å². The number of fused-ring (bicyclic) bond motifs is 1. The lowest BCUT2D eigenvalue weighted by Crippen LogP contribution is -2.50. The number of hydrogen-bond donors (Lipinski definition) is 0. The zero-order valence-electron chi connectivity index (χ0n) is 16.2. The fourth-order valence-corrected chi connectivity index (χ4v) is 5.61. The van der Waals surface area contributed by atoms with Crippen LogP contribution in [0.25, 0.3) is 0 Å². The molecule has 0 radical (unpaired) electrons. The van der Waals surface area contributed by atoms with Crippen LogP contribution in [-0.4, -0.2) is 37.9 Å². The maximum atomic E-state index is 13.0. The van der Waals surface area contributed by atoms with Crippen molar-refractivity contribution in [2.24, 2.45) is 0 Å². The molecule has 2 aliphatic heterocycles. The van der Waals surface area contributed by atoms with E-state index in [0.717, 1.165) is 23.2 Å². The molecule has 0 saturated carbocycles. The Hall–Kier alpha value is -2.09. The highest BCUT2D eigenvalue weighted by atomic mass is 35.5. The van der Waals surface area contributed by atoms with E-state index in [4.69, 9.17) is 16.3 Å². The number of hydrogen-bond acceptors (Lipinski definition) is 4. The predicted molar refractivity (Wildman–Crippen MR) is 112 cm³/mol. The van der Waals surface area contributed by atoms with E-state index in [1.54, 1.807) is 29.2 Å². The number of aryl methyl sites for hydroxylation is 1. The molecule has 2 aliphatic rings. The molecule has 6 nitrogen and oxygen atoms in total. The first-order chi connectivity index (χ1) is 13.9. The second-order valence-corrected chi connectivity index (χ2v) is 9.70. The van der Waals surface area contributed by atoms with Crippen molar-refractivity contribution < 1.29 is 17.9 Å². The highest BCUT2D eigenvalue weighted by Gasteiger charge is 2.37. The van der Waals surface area contributed by atoms with Crippen LogP contribution in [0.4, 0.5) is 10.5 Å². The second-order valence-electron chi connectivity index (χ2n) is 7.33. The van der Waals surface area contributed by atoms with Gasteiger partial charge in [0.05, 0.1) is 10.6 Å².